The number of aliphatic hydroxyl groups is 2. The fourth-order valence-corrected chi connectivity index (χ4v) is 2.83. The van der Waals surface area contributed by atoms with Gasteiger partial charge in [-0.25, -0.2) is 4.99 Å². The van der Waals surface area contributed by atoms with E-state index in [9.17, 15) is 15.5 Å². The number of nitriles is 1. The molecule has 0 amide bonds. The maximum atomic E-state index is 10.3. The molecular formula is C19H28N4O4. The Morgan fingerprint density at radius 2 is 2.07 bits per heavy atom. The minimum Gasteiger partial charge on any atom is -0.493 e. The number of rotatable bonds is 8. The second kappa shape index (κ2) is 10.1. The zero-order chi connectivity index (χ0) is 19.8. The molecule has 2 N–H and O–H groups in total. The first-order chi connectivity index (χ1) is 12.9. The number of aliphatic hydroxyl groups excluding tert-OH is 2. The van der Waals surface area contributed by atoms with Crippen molar-refractivity contribution in [2.75, 3.05) is 47.4 Å². The second-order valence-corrected chi connectivity index (χ2v) is 6.84. The van der Waals surface area contributed by atoms with Crippen LogP contribution >= 0.6 is 0 Å². The number of hydrogen-bond donors (Lipinski definition) is 2. The van der Waals surface area contributed by atoms with Crippen molar-refractivity contribution in [3.63, 3.8) is 0 Å². The number of nitrogens with zero attached hydrogens (tertiary/aromatic N) is 4. The Hall–Kier alpha value is -2.34. The smallest absolute Gasteiger partial charge is 0.163 e. The Labute approximate surface area is 160 Å². The summed E-state index contributed by atoms with van der Waals surface area (Å²) in [4.78, 5) is 8.17. The van der Waals surface area contributed by atoms with Gasteiger partial charge in [0, 0.05) is 45.9 Å². The summed E-state index contributed by atoms with van der Waals surface area (Å²) in [5, 5.41) is 29.1. The van der Waals surface area contributed by atoms with Gasteiger partial charge in [-0.2, -0.15) is 5.26 Å². The first-order valence-corrected chi connectivity index (χ1v) is 8.97. The molecule has 0 aliphatic carbocycles. The van der Waals surface area contributed by atoms with E-state index in [-0.39, 0.29) is 12.7 Å². The molecule has 1 aliphatic rings. The van der Waals surface area contributed by atoms with Crippen molar-refractivity contribution in [2.24, 2.45) is 4.99 Å². The third-order valence-electron chi connectivity index (χ3n) is 4.29. The second-order valence-electron chi connectivity index (χ2n) is 6.84. The molecule has 1 aromatic rings. The molecular weight excluding hydrogens is 348 g/mol. The number of aliphatic imine (C=N–C) groups is 1. The number of hydrogen-bond acceptors (Lipinski definition) is 7. The quantitative estimate of drug-likeness (QED) is 0.515. The lowest BCUT2D eigenvalue weighted by molar-refractivity contribution is 0.0333. The highest BCUT2D eigenvalue weighted by molar-refractivity contribution is 5.68. The lowest BCUT2D eigenvalue weighted by Gasteiger charge is -2.30. The van der Waals surface area contributed by atoms with Gasteiger partial charge in [-0.3, -0.25) is 0 Å². The van der Waals surface area contributed by atoms with Crippen molar-refractivity contribution in [3.8, 4) is 17.6 Å². The number of methoxy groups -OCH3 is 1. The van der Waals surface area contributed by atoms with Crippen molar-refractivity contribution >= 4 is 12.0 Å². The highest BCUT2D eigenvalue weighted by Crippen LogP contribution is 2.34. The van der Waals surface area contributed by atoms with Crippen LogP contribution < -0.4 is 9.47 Å². The van der Waals surface area contributed by atoms with Gasteiger partial charge in [0.15, 0.2) is 11.5 Å². The summed E-state index contributed by atoms with van der Waals surface area (Å²) in [5.74, 6) is 0.846. The van der Waals surface area contributed by atoms with Crippen LogP contribution in [0.5, 0.6) is 11.5 Å². The highest BCUT2D eigenvalue weighted by atomic mass is 16.5. The molecule has 0 aromatic heterocycles. The number of benzene rings is 1. The van der Waals surface area contributed by atoms with Crippen molar-refractivity contribution in [1.82, 2.24) is 9.80 Å². The standard InChI is InChI=1S/C19H28N4O4/c1-22(2)13-21-17-9-19(18(26-3)8-14(17)10-20)27-12-16(25)11-23-6-4-15(24)5-7-23/h8-9,13,15-16,24-25H,4-7,11-12H2,1-3H3/b21-13-/t16-/m0/s1. The largest absolute Gasteiger partial charge is 0.493 e. The molecule has 1 fully saturated rings. The van der Waals surface area contributed by atoms with Gasteiger partial charge in [-0.05, 0) is 12.8 Å². The molecule has 1 heterocycles. The fourth-order valence-electron chi connectivity index (χ4n) is 2.83. The van der Waals surface area contributed by atoms with Crippen LogP contribution in [-0.4, -0.2) is 86.0 Å². The Morgan fingerprint density at radius 1 is 1.37 bits per heavy atom. The molecule has 8 nitrogen and oxygen atoms in total. The van der Waals surface area contributed by atoms with Crippen molar-refractivity contribution in [1.29, 1.82) is 5.26 Å². The van der Waals surface area contributed by atoms with E-state index in [1.165, 1.54) is 7.11 Å². The van der Waals surface area contributed by atoms with Crippen molar-refractivity contribution in [2.45, 2.75) is 25.0 Å². The summed E-state index contributed by atoms with van der Waals surface area (Å²) in [5.41, 5.74) is 0.853. The molecule has 0 saturated carbocycles. The van der Waals surface area contributed by atoms with E-state index < -0.39 is 6.10 Å². The van der Waals surface area contributed by atoms with E-state index in [1.54, 1.807) is 23.4 Å². The predicted molar refractivity (Wildman–Crippen MR) is 103 cm³/mol. The number of β-amino-alcohol motifs (C(OH)–C–C–N with tert-alkyl or cyclic N) is 1. The molecule has 8 heteroatoms. The molecule has 0 spiro atoms. The first kappa shape index (κ1) is 21.0. The van der Waals surface area contributed by atoms with E-state index in [2.05, 4.69) is 16.0 Å². The Morgan fingerprint density at radius 3 is 2.67 bits per heavy atom. The van der Waals surface area contributed by atoms with Gasteiger partial charge in [-0.1, -0.05) is 0 Å². The Kier molecular flexibility index (Phi) is 7.85. The van der Waals surface area contributed by atoms with Crippen LogP contribution in [0.25, 0.3) is 0 Å². The molecule has 0 radical (unpaired) electrons. The number of likely N-dealkylation sites (tertiary alicyclic amines) is 1. The summed E-state index contributed by atoms with van der Waals surface area (Å²) in [7, 11) is 5.18. The summed E-state index contributed by atoms with van der Waals surface area (Å²) in [6, 6.07) is 5.32. The minimum absolute atomic E-state index is 0.0954. The van der Waals surface area contributed by atoms with Gasteiger partial charge in [0.2, 0.25) is 0 Å². The molecule has 27 heavy (non-hydrogen) atoms. The Bertz CT molecular complexity index is 679. The minimum atomic E-state index is -0.672. The van der Waals surface area contributed by atoms with Crippen LogP contribution in [0.1, 0.15) is 18.4 Å². The average molecular weight is 376 g/mol. The van der Waals surface area contributed by atoms with Gasteiger partial charge >= 0.3 is 0 Å². The summed E-state index contributed by atoms with van der Waals surface area (Å²) < 4.78 is 11.1. The molecule has 148 valence electrons. The highest BCUT2D eigenvalue weighted by Gasteiger charge is 2.20. The van der Waals surface area contributed by atoms with Crippen molar-refractivity contribution in [3.05, 3.63) is 17.7 Å². The predicted octanol–water partition coefficient (Wildman–Crippen LogP) is 0.985. The van der Waals surface area contributed by atoms with E-state index in [1.807, 2.05) is 14.1 Å². The SMILES string of the molecule is COc1cc(C#N)c(/N=C\N(C)C)cc1OC[C@@H](O)CN1CCC(O)CC1. The van der Waals surface area contributed by atoms with Gasteiger partial charge < -0.3 is 29.5 Å². The molecule has 2 rings (SSSR count). The molecule has 1 aliphatic heterocycles. The molecule has 1 atom stereocenters. The van der Waals surface area contributed by atoms with Crippen LogP contribution in [0.15, 0.2) is 17.1 Å². The fraction of sp³-hybridized carbons (Fsp3) is 0.579. The lowest BCUT2D eigenvalue weighted by atomic mass is 10.1. The molecule has 0 bridgehead atoms. The number of ether oxygens (including phenoxy) is 2. The summed E-state index contributed by atoms with van der Waals surface area (Å²) in [6.45, 7) is 2.11. The normalized spacial score (nSPS) is 16.9. The van der Waals surface area contributed by atoms with Gasteiger partial charge in [-0.15, -0.1) is 0 Å². The van der Waals surface area contributed by atoms with E-state index in [4.69, 9.17) is 9.47 Å². The Balaban J connectivity index is 2.03. The monoisotopic (exact) mass is 376 g/mol. The van der Waals surface area contributed by atoms with Gasteiger partial charge in [0.25, 0.3) is 0 Å². The van der Waals surface area contributed by atoms with Crippen LogP contribution in [0.4, 0.5) is 5.69 Å². The summed E-state index contributed by atoms with van der Waals surface area (Å²) in [6.07, 6.45) is 2.15. The van der Waals surface area contributed by atoms with E-state index in [0.717, 1.165) is 25.9 Å². The molecule has 1 aromatic carbocycles. The first-order valence-electron chi connectivity index (χ1n) is 8.97. The summed E-state index contributed by atoms with van der Waals surface area (Å²) >= 11 is 0. The van der Waals surface area contributed by atoms with E-state index >= 15 is 0 Å². The molecule has 1 saturated heterocycles. The molecule has 0 unspecified atom stereocenters. The van der Waals surface area contributed by atoms with Crippen LogP contribution in [0, 0.1) is 11.3 Å². The van der Waals surface area contributed by atoms with Gasteiger partial charge in [0.05, 0.1) is 30.8 Å². The third-order valence-corrected chi connectivity index (χ3v) is 4.29. The van der Waals surface area contributed by atoms with Crippen LogP contribution in [-0.2, 0) is 0 Å². The van der Waals surface area contributed by atoms with Crippen LogP contribution in [0.3, 0.4) is 0 Å². The van der Waals surface area contributed by atoms with E-state index in [0.29, 0.717) is 29.3 Å². The lowest BCUT2D eigenvalue weighted by Crippen LogP contribution is -2.41. The zero-order valence-corrected chi connectivity index (χ0v) is 16.1. The average Bonchev–Trinajstić information content (AvgIpc) is 2.66. The maximum absolute atomic E-state index is 10.3. The maximum Gasteiger partial charge on any atom is 0.163 e. The van der Waals surface area contributed by atoms with Gasteiger partial charge in [0.1, 0.15) is 18.8 Å². The van der Waals surface area contributed by atoms with Crippen LogP contribution in [0.2, 0.25) is 0 Å². The third kappa shape index (κ3) is 6.40. The topological polar surface area (TPSA) is 102 Å². The zero-order valence-electron chi connectivity index (χ0n) is 16.1. The van der Waals surface area contributed by atoms with Crippen molar-refractivity contribution < 1.29 is 19.7 Å². The number of piperidine rings is 1.